The second kappa shape index (κ2) is 5.35. The van der Waals surface area contributed by atoms with Crippen LogP contribution >= 0.6 is 0 Å². The van der Waals surface area contributed by atoms with Gasteiger partial charge in [0.1, 0.15) is 6.54 Å². The molecule has 0 radical (unpaired) electrons. The maximum atomic E-state index is 12.4. The van der Waals surface area contributed by atoms with E-state index in [0.717, 1.165) is 48.0 Å². The van der Waals surface area contributed by atoms with Gasteiger partial charge in [0, 0.05) is 24.5 Å². The monoisotopic (exact) mass is 284 g/mol. The van der Waals surface area contributed by atoms with Gasteiger partial charge in [0.15, 0.2) is 0 Å². The Morgan fingerprint density at radius 2 is 1.86 bits per heavy atom. The SMILES string of the molecule is Cc1cc(=O)n(CC(=O)N2CCCC2)c2c(C)cccc12. The van der Waals surface area contributed by atoms with Crippen LogP contribution in [0.25, 0.3) is 10.9 Å². The van der Waals surface area contributed by atoms with Gasteiger partial charge >= 0.3 is 0 Å². The highest BCUT2D eigenvalue weighted by molar-refractivity contribution is 5.87. The first-order chi connectivity index (χ1) is 10.1. The summed E-state index contributed by atoms with van der Waals surface area (Å²) < 4.78 is 1.62. The molecule has 110 valence electrons. The molecule has 1 saturated heterocycles. The first-order valence-corrected chi connectivity index (χ1v) is 7.45. The summed E-state index contributed by atoms with van der Waals surface area (Å²) >= 11 is 0. The molecular weight excluding hydrogens is 264 g/mol. The van der Waals surface area contributed by atoms with E-state index in [0.29, 0.717) is 0 Å². The van der Waals surface area contributed by atoms with Crippen LogP contribution < -0.4 is 5.56 Å². The predicted molar refractivity (Wildman–Crippen MR) is 83.5 cm³/mol. The van der Waals surface area contributed by atoms with E-state index >= 15 is 0 Å². The molecule has 0 saturated carbocycles. The van der Waals surface area contributed by atoms with Crippen molar-refractivity contribution in [1.29, 1.82) is 0 Å². The number of hydrogen-bond acceptors (Lipinski definition) is 2. The Hall–Kier alpha value is -2.10. The number of amides is 1. The number of nitrogens with zero attached hydrogens (tertiary/aromatic N) is 2. The van der Waals surface area contributed by atoms with Gasteiger partial charge in [0.2, 0.25) is 5.91 Å². The lowest BCUT2D eigenvalue weighted by Gasteiger charge is -2.18. The van der Waals surface area contributed by atoms with Crippen molar-refractivity contribution in [3.05, 3.63) is 45.7 Å². The van der Waals surface area contributed by atoms with Gasteiger partial charge in [-0.25, -0.2) is 0 Å². The third-order valence-electron chi connectivity index (χ3n) is 4.29. The normalized spacial score (nSPS) is 14.9. The van der Waals surface area contributed by atoms with Gasteiger partial charge in [0.25, 0.3) is 5.56 Å². The zero-order valence-corrected chi connectivity index (χ0v) is 12.6. The fraction of sp³-hybridized carbons (Fsp3) is 0.412. The van der Waals surface area contributed by atoms with Crippen molar-refractivity contribution in [2.45, 2.75) is 33.2 Å². The summed E-state index contributed by atoms with van der Waals surface area (Å²) in [7, 11) is 0. The van der Waals surface area contributed by atoms with Crippen LogP contribution in [-0.4, -0.2) is 28.5 Å². The molecule has 0 unspecified atom stereocenters. The molecule has 0 aliphatic carbocycles. The van der Waals surface area contributed by atoms with Crippen LogP contribution in [-0.2, 0) is 11.3 Å². The molecule has 0 spiro atoms. The van der Waals surface area contributed by atoms with Crippen LogP contribution in [0.4, 0.5) is 0 Å². The molecule has 4 nitrogen and oxygen atoms in total. The van der Waals surface area contributed by atoms with Gasteiger partial charge in [0.05, 0.1) is 5.52 Å². The molecule has 2 aromatic rings. The number of carbonyl (C=O) groups is 1. The summed E-state index contributed by atoms with van der Waals surface area (Å²) in [4.78, 5) is 26.6. The molecule has 21 heavy (non-hydrogen) atoms. The highest BCUT2D eigenvalue weighted by atomic mass is 16.2. The molecule has 1 aromatic heterocycles. The van der Waals surface area contributed by atoms with E-state index in [1.807, 2.05) is 36.9 Å². The molecule has 4 heteroatoms. The van der Waals surface area contributed by atoms with Gasteiger partial charge in [-0.15, -0.1) is 0 Å². The number of aryl methyl sites for hydroxylation is 2. The van der Waals surface area contributed by atoms with E-state index in [1.165, 1.54) is 0 Å². The summed E-state index contributed by atoms with van der Waals surface area (Å²) in [5.41, 5.74) is 2.78. The third kappa shape index (κ3) is 2.46. The third-order valence-corrected chi connectivity index (χ3v) is 4.29. The number of para-hydroxylation sites is 1. The number of likely N-dealkylation sites (tertiary alicyclic amines) is 1. The van der Waals surface area contributed by atoms with Crippen molar-refractivity contribution in [1.82, 2.24) is 9.47 Å². The van der Waals surface area contributed by atoms with Crippen LogP contribution in [0.3, 0.4) is 0 Å². The van der Waals surface area contributed by atoms with Crippen molar-refractivity contribution in [2.75, 3.05) is 13.1 Å². The zero-order chi connectivity index (χ0) is 15.0. The quantitative estimate of drug-likeness (QED) is 0.848. The highest BCUT2D eigenvalue weighted by Gasteiger charge is 2.19. The van der Waals surface area contributed by atoms with Gasteiger partial charge in [-0.2, -0.15) is 0 Å². The second-order valence-electron chi connectivity index (χ2n) is 5.81. The van der Waals surface area contributed by atoms with E-state index in [9.17, 15) is 9.59 Å². The predicted octanol–water partition coefficient (Wildman–Crippen LogP) is 2.24. The second-order valence-corrected chi connectivity index (χ2v) is 5.81. The minimum atomic E-state index is -0.0955. The number of benzene rings is 1. The van der Waals surface area contributed by atoms with E-state index in [4.69, 9.17) is 0 Å². The van der Waals surface area contributed by atoms with Crippen LogP contribution in [0, 0.1) is 13.8 Å². The Morgan fingerprint density at radius 3 is 2.57 bits per heavy atom. The molecule has 0 atom stereocenters. The van der Waals surface area contributed by atoms with Crippen LogP contribution in [0.1, 0.15) is 24.0 Å². The molecule has 0 N–H and O–H groups in total. The highest BCUT2D eigenvalue weighted by Crippen LogP contribution is 2.20. The maximum Gasteiger partial charge on any atom is 0.251 e. The standard InChI is InChI=1S/C17H20N2O2/c1-12-6-5-7-14-13(2)10-15(20)19(17(12)14)11-16(21)18-8-3-4-9-18/h5-7,10H,3-4,8-9,11H2,1-2H3. The minimum absolute atomic E-state index is 0.0445. The average Bonchev–Trinajstić information content (AvgIpc) is 2.97. The Bertz CT molecular complexity index is 755. The Balaban J connectivity index is 2.09. The zero-order valence-electron chi connectivity index (χ0n) is 12.6. The summed E-state index contributed by atoms with van der Waals surface area (Å²) in [5, 5.41) is 1.05. The smallest absolute Gasteiger partial charge is 0.251 e. The largest absolute Gasteiger partial charge is 0.341 e. The number of hydrogen-bond donors (Lipinski definition) is 0. The van der Waals surface area contributed by atoms with Crippen molar-refractivity contribution in [2.24, 2.45) is 0 Å². The lowest BCUT2D eigenvalue weighted by atomic mass is 10.1. The molecule has 1 aliphatic rings. The van der Waals surface area contributed by atoms with E-state index in [2.05, 4.69) is 0 Å². The molecule has 1 aliphatic heterocycles. The Labute approximate surface area is 124 Å². The van der Waals surface area contributed by atoms with Crippen molar-refractivity contribution in [3.63, 3.8) is 0 Å². The summed E-state index contributed by atoms with van der Waals surface area (Å²) in [5.74, 6) is 0.0445. The van der Waals surface area contributed by atoms with Crippen molar-refractivity contribution in [3.8, 4) is 0 Å². The molecule has 0 bridgehead atoms. The molecule has 1 amide bonds. The Kier molecular flexibility index (Phi) is 3.53. The molecule has 1 aromatic carbocycles. The molecule has 1 fully saturated rings. The fourth-order valence-corrected chi connectivity index (χ4v) is 3.15. The van der Waals surface area contributed by atoms with Gasteiger partial charge in [-0.3, -0.25) is 14.2 Å². The number of carbonyl (C=O) groups excluding carboxylic acids is 1. The number of pyridine rings is 1. The van der Waals surface area contributed by atoms with Crippen LogP contribution in [0.5, 0.6) is 0 Å². The first-order valence-electron chi connectivity index (χ1n) is 7.45. The fourth-order valence-electron chi connectivity index (χ4n) is 3.15. The average molecular weight is 284 g/mol. The maximum absolute atomic E-state index is 12.4. The lowest BCUT2D eigenvalue weighted by molar-refractivity contribution is -0.130. The van der Waals surface area contributed by atoms with Crippen LogP contribution in [0.15, 0.2) is 29.1 Å². The summed E-state index contributed by atoms with van der Waals surface area (Å²) in [6.07, 6.45) is 2.13. The van der Waals surface area contributed by atoms with E-state index in [1.54, 1.807) is 10.6 Å². The molecule has 2 heterocycles. The van der Waals surface area contributed by atoms with Gasteiger partial charge in [-0.05, 0) is 37.8 Å². The van der Waals surface area contributed by atoms with Crippen molar-refractivity contribution >= 4 is 16.8 Å². The first kappa shape index (κ1) is 13.9. The summed E-state index contributed by atoms with van der Waals surface area (Å²) in [6.45, 7) is 5.70. The van der Waals surface area contributed by atoms with Crippen molar-refractivity contribution < 1.29 is 4.79 Å². The molecular formula is C17H20N2O2. The number of aromatic nitrogens is 1. The summed E-state index contributed by atoms with van der Waals surface area (Å²) in [6, 6.07) is 7.60. The Morgan fingerprint density at radius 1 is 1.14 bits per heavy atom. The number of rotatable bonds is 2. The lowest BCUT2D eigenvalue weighted by Crippen LogP contribution is -2.34. The van der Waals surface area contributed by atoms with E-state index < -0.39 is 0 Å². The topological polar surface area (TPSA) is 42.3 Å². The van der Waals surface area contributed by atoms with E-state index in [-0.39, 0.29) is 18.0 Å². The van der Waals surface area contributed by atoms with Crippen LogP contribution in [0.2, 0.25) is 0 Å². The minimum Gasteiger partial charge on any atom is -0.341 e. The number of fused-ring (bicyclic) bond motifs is 1. The molecule has 3 rings (SSSR count). The van der Waals surface area contributed by atoms with Gasteiger partial charge < -0.3 is 4.90 Å². The van der Waals surface area contributed by atoms with Gasteiger partial charge in [-0.1, -0.05) is 18.2 Å².